The van der Waals surface area contributed by atoms with Crippen molar-refractivity contribution in [2.24, 2.45) is 7.05 Å². The zero-order valence-corrected chi connectivity index (χ0v) is 14.8. The highest BCUT2D eigenvalue weighted by Gasteiger charge is 2.24. The largest absolute Gasteiger partial charge is 0.266 e. The van der Waals surface area contributed by atoms with Crippen LogP contribution in [0.2, 0.25) is 0 Å². The van der Waals surface area contributed by atoms with Crippen LogP contribution >= 0.6 is 0 Å². The maximum absolute atomic E-state index is 7.93. The van der Waals surface area contributed by atoms with Crippen molar-refractivity contribution in [3.8, 4) is 11.3 Å². The fourth-order valence-corrected chi connectivity index (χ4v) is 3.32. The van der Waals surface area contributed by atoms with Crippen LogP contribution in [0.1, 0.15) is 26.5 Å². The van der Waals surface area contributed by atoms with Gasteiger partial charge in [0.25, 0.3) is 5.69 Å². The van der Waals surface area contributed by atoms with Crippen molar-refractivity contribution >= 4 is 22.1 Å². The summed E-state index contributed by atoms with van der Waals surface area (Å²) in [5, 5.41) is 4.41. The molecular weight excluding hydrogens is 308 g/mol. The van der Waals surface area contributed by atoms with Crippen molar-refractivity contribution in [3.63, 3.8) is 0 Å². The number of benzene rings is 2. The lowest BCUT2D eigenvalue weighted by atomic mass is 9.97. The monoisotopic (exact) mass is 332 g/mol. The van der Waals surface area contributed by atoms with Gasteiger partial charge in [0.2, 0.25) is 0 Å². The third kappa shape index (κ3) is 2.45. The Kier molecular flexibility index (Phi) is 2.79. The molecule has 4 aromatic rings. The second-order valence-corrected chi connectivity index (χ2v) is 6.48. The van der Waals surface area contributed by atoms with Crippen molar-refractivity contribution in [2.45, 2.75) is 27.6 Å². The lowest BCUT2D eigenvalue weighted by Gasteiger charge is -2.11. The first kappa shape index (κ1) is 12.5. The first-order valence-electron chi connectivity index (χ1n) is 9.72. The van der Waals surface area contributed by atoms with Gasteiger partial charge in [-0.05, 0) is 62.0 Å². The van der Waals surface area contributed by atoms with E-state index in [0.29, 0.717) is 16.6 Å². The maximum Gasteiger partial charge on any atom is 0.266 e. The van der Waals surface area contributed by atoms with Gasteiger partial charge in [-0.2, -0.15) is 0 Å². The fraction of sp³-hybridized carbons (Fsp3) is 0.238. The van der Waals surface area contributed by atoms with Crippen LogP contribution in [0.25, 0.3) is 33.3 Å². The summed E-state index contributed by atoms with van der Waals surface area (Å²) in [6, 6.07) is 11.7. The lowest BCUT2D eigenvalue weighted by molar-refractivity contribution is -0.719. The molecule has 0 atom stereocenters. The van der Waals surface area contributed by atoms with E-state index in [2.05, 4.69) is 36.1 Å². The van der Waals surface area contributed by atoms with E-state index in [9.17, 15) is 0 Å². The topological polar surface area (TPSA) is 42.5 Å². The molecule has 124 valence electrons. The average Bonchev–Trinajstić information content (AvgIpc) is 2.62. The Morgan fingerprint density at radius 2 is 1.64 bits per heavy atom. The Bertz CT molecular complexity index is 1250. The highest BCUT2D eigenvalue weighted by atomic mass is 15.3. The number of nitrogens with zero attached hydrogens (tertiary/aromatic N) is 4. The van der Waals surface area contributed by atoms with Crippen LogP contribution in [-0.2, 0) is 7.05 Å². The summed E-state index contributed by atoms with van der Waals surface area (Å²) in [6.45, 7) is 3.79. The summed E-state index contributed by atoms with van der Waals surface area (Å²) in [5.74, 6) is 0. The van der Waals surface area contributed by atoms with E-state index in [-0.39, 0.29) is 5.69 Å². The van der Waals surface area contributed by atoms with Gasteiger partial charge in [-0.25, -0.2) is 9.97 Å². The van der Waals surface area contributed by atoms with Gasteiger partial charge in [0.1, 0.15) is 11.2 Å². The molecule has 0 saturated heterocycles. The Balaban J connectivity index is 2.22. The molecule has 0 radical (unpaired) electrons. The molecule has 0 spiro atoms. The van der Waals surface area contributed by atoms with Gasteiger partial charge >= 0.3 is 0 Å². The molecule has 0 aliphatic rings. The van der Waals surface area contributed by atoms with Gasteiger partial charge in [0.05, 0.1) is 16.6 Å². The van der Waals surface area contributed by atoms with Crippen molar-refractivity contribution in [1.82, 2.24) is 15.1 Å². The van der Waals surface area contributed by atoms with Gasteiger partial charge in [0.15, 0.2) is 12.6 Å². The number of aromatic nitrogens is 4. The quantitative estimate of drug-likeness (QED) is 0.392. The number of fused-ring (bicyclic) bond motifs is 2. The molecule has 2 aromatic carbocycles. The zero-order valence-electron chi connectivity index (χ0n) is 17.8. The standard InChI is InChI=1S/C21H21N4/c1-12-10-13(2)14(3)16(11-12)21-20-19(15(4)24-25(21)5)22-17-8-6-7-9-18(17)23-20/h6-11H,1-5H3/q+1/i4D3. The van der Waals surface area contributed by atoms with Crippen molar-refractivity contribution in [2.75, 3.05) is 0 Å². The van der Waals surface area contributed by atoms with E-state index in [1.165, 1.54) is 0 Å². The molecule has 0 N–H and O–H groups in total. The normalized spacial score (nSPS) is 13.7. The first-order chi connectivity index (χ1) is 13.2. The van der Waals surface area contributed by atoms with Gasteiger partial charge < -0.3 is 0 Å². The molecule has 0 fully saturated rings. The number of hydrogen-bond acceptors (Lipinski definition) is 3. The van der Waals surface area contributed by atoms with E-state index in [1.54, 1.807) is 11.7 Å². The summed E-state index contributed by atoms with van der Waals surface area (Å²) >= 11 is 0. The molecule has 25 heavy (non-hydrogen) atoms. The Morgan fingerprint density at radius 3 is 2.32 bits per heavy atom. The second-order valence-electron chi connectivity index (χ2n) is 6.48. The number of hydrogen-bond donors (Lipinski definition) is 0. The Hall–Kier alpha value is -2.88. The van der Waals surface area contributed by atoms with Crippen LogP contribution in [-0.4, -0.2) is 15.1 Å². The van der Waals surface area contributed by atoms with E-state index in [0.717, 1.165) is 33.5 Å². The molecule has 2 aromatic heterocycles. The fourth-order valence-electron chi connectivity index (χ4n) is 3.32. The van der Waals surface area contributed by atoms with Gasteiger partial charge in [-0.1, -0.05) is 28.4 Å². The predicted octanol–water partition coefficient (Wildman–Crippen LogP) is 3.90. The smallest absolute Gasteiger partial charge is 0.242 e. The Morgan fingerprint density at radius 1 is 0.960 bits per heavy atom. The Labute approximate surface area is 151 Å². The summed E-state index contributed by atoms with van der Waals surface area (Å²) < 4.78 is 25.4. The summed E-state index contributed by atoms with van der Waals surface area (Å²) in [7, 11) is 1.76. The molecule has 0 aliphatic heterocycles. The molecule has 4 rings (SSSR count). The third-order valence-electron chi connectivity index (χ3n) is 4.66. The van der Waals surface area contributed by atoms with Crippen LogP contribution in [0, 0.1) is 27.6 Å². The van der Waals surface area contributed by atoms with Crippen LogP contribution in [0.5, 0.6) is 0 Å². The van der Waals surface area contributed by atoms with Crippen LogP contribution < -0.4 is 4.68 Å². The van der Waals surface area contributed by atoms with Gasteiger partial charge in [-0.3, -0.25) is 0 Å². The highest BCUT2D eigenvalue weighted by Crippen LogP contribution is 2.30. The maximum atomic E-state index is 7.93. The third-order valence-corrected chi connectivity index (χ3v) is 4.66. The van der Waals surface area contributed by atoms with Crippen molar-refractivity contribution < 1.29 is 8.79 Å². The predicted molar refractivity (Wildman–Crippen MR) is 100 cm³/mol. The SMILES string of the molecule is [2H]C([2H])([2H])c1n[n+](C)c(-c2cc(C)cc(C)c2C)c2nc3ccccc3nc12. The number of rotatable bonds is 1. The zero-order chi connectivity index (χ0) is 20.2. The van der Waals surface area contributed by atoms with Gasteiger partial charge in [0, 0.05) is 4.11 Å². The minimum absolute atomic E-state index is 0.0333. The molecule has 0 unspecified atom stereocenters. The lowest BCUT2D eigenvalue weighted by Crippen LogP contribution is -2.37. The van der Waals surface area contributed by atoms with E-state index < -0.39 is 6.85 Å². The van der Waals surface area contributed by atoms with Crippen LogP contribution in [0.3, 0.4) is 0 Å². The number of para-hydroxylation sites is 2. The van der Waals surface area contributed by atoms with E-state index >= 15 is 0 Å². The molecule has 0 bridgehead atoms. The molecule has 0 saturated carbocycles. The minimum atomic E-state index is -2.39. The van der Waals surface area contributed by atoms with Crippen molar-refractivity contribution in [1.29, 1.82) is 0 Å². The van der Waals surface area contributed by atoms with Gasteiger partial charge in [-0.15, -0.1) is 0 Å². The molecule has 0 aliphatic carbocycles. The van der Waals surface area contributed by atoms with E-state index in [4.69, 9.17) is 9.10 Å². The molecule has 2 heterocycles. The molecule has 4 heteroatoms. The average molecular weight is 332 g/mol. The molecule has 4 nitrogen and oxygen atoms in total. The molecular formula is C21H21N4+. The number of aryl methyl sites for hydroxylation is 4. The van der Waals surface area contributed by atoms with Crippen LogP contribution in [0.4, 0.5) is 0 Å². The van der Waals surface area contributed by atoms with E-state index in [1.807, 2.05) is 31.2 Å². The minimum Gasteiger partial charge on any atom is -0.242 e. The first-order valence-corrected chi connectivity index (χ1v) is 8.22. The van der Waals surface area contributed by atoms with Crippen molar-refractivity contribution in [3.05, 3.63) is 58.8 Å². The summed E-state index contributed by atoms with van der Waals surface area (Å²) in [6.07, 6.45) is 0. The summed E-state index contributed by atoms with van der Waals surface area (Å²) in [4.78, 5) is 9.46. The summed E-state index contributed by atoms with van der Waals surface area (Å²) in [5.41, 5.74) is 7.37. The highest BCUT2D eigenvalue weighted by molar-refractivity contribution is 5.94. The molecule has 0 amide bonds. The second kappa shape index (κ2) is 5.59. The van der Waals surface area contributed by atoms with Crippen LogP contribution in [0.15, 0.2) is 36.4 Å².